The molecule has 0 heterocycles. The molecule has 194 valence electrons. The number of rotatable bonds is 20. The van der Waals surface area contributed by atoms with Gasteiger partial charge in [0.2, 0.25) is 0 Å². The van der Waals surface area contributed by atoms with Gasteiger partial charge in [-0.1, -0.05) is 111 Å². The first-order valence-electron chi connectivity index (χ1n) is 14.4. The van der Waals surface area contributed by atoms with Crippen molar-refractivity contribution in [2.24, 2.45) is 17.8 Å². The highest BCUT2D eigenvalue weighted by molar-refractivity contribution is 5.81. The van der Waals surface area contributed by atoms with Crippen LogP contribution in [0.1, 0.15) is 149 Å². The summed E-state index contributed by atoms with van der Waals surface area (Å²) in [7, 11) is 0. The lowest BCUT2D eigenvalue weighted by atomic mass is 9.79. The van der Waals surface area contributed by atoms with E-state index < -0.39 is 17.8 Å². The zero-order valence-corrected chi connectivity index (χ0v) is 22.1. The molecule has 1 aliphatic rings. The Bertz CT molecular complexity index is 502. The van der Waals surface area contributed by atoms with Gasteiger partial charge in [-0.25, -0.2) is 0 Å². The fraction of sp³-hybridized carbons (Fsp3) is 0.931. The standard InChI is InChI=1S/C29H54O4/c1-4-5-6-7-8-12-15-20-25(21-16-13-10-9-11-14-19-24(2)3)33-29(32)27-23-18-17-22-26(27)28(30)31/h24-27H,4-23H2,1-3H3,(H,30,31). The van der Waals surface area contributed by atoms with Crippen LogP contribution in [0.2, 0.25) is 0 Å². The zero-order valence-electron chi connectivity index (χ0n) is 22.1. The van der Waals surface area contributed by atoms with Gasteiger partial charge in [-0.2, -0.15) is 0 Å². The second kappa shape index (κ2) is 19.3. The van der Waals surface area contributed by atoms with Gasteiger partial charge in [-0.3, -0.25) is 9.59 Å². The minimum Gasteiger partial charge on any atom is -0.481 e. The number of carbonyl (C=O) groups is 2. The van der Waals surface area contributed by atoms with Gasteiger partial charge in [0.25, 0.3) is 0 Å². The van der Waals surface area contributed by atoms with Crippen molar-refractivity contribution in [1.82, 2.24) is 0 Å². The van der Waals surface area contributed by atoms with Crippen LogP contribution in [0.25, 0.3) is 0 Å². The molecule has 0 aromatic carbocycles. The number of hydrogen-bond donors (Lipinski definition) is 1. The van der Waals surface area contributed by atoms with Gasteiger partial charge in [0.05, 0.1) is 11.8 Å². The van der Waals surface area contributed by atoms with Gasteiger partial charge in [0.1, 0.15) is 6.10 Å². The molecule has 0 aromatic heterocycles. The van der Waals surface area contributed by atoms with Crippen molar-refractivity contribution < 1.29 is 19.4 Å². The molecule has 0 bridgehead atoms. The van der Waals surface area contributed by atoms with E-state index in [1.165, 1.54) is 77.0 Å². The van der Waals surface area contributed by atoms with Gasteiger partial charge in [-0.05, 0) is 44.4 Å². The maximum absolute atomic E-state index is 12.9. The number of esters is 1. The lowest BCUT2D eigenvalue weighted by Crippen LogP contribution is -2.35. The van der Waals surface area contributed by atoms with Crippen LogP contribution in [0, 0.1) is 17.8 Å². The second-order valence-electron chi connectivity index (χ2n) is 10.9. The molecule has 0 aliphatic heterocycles. The van der Waals surface area contributed by atoms with Crippen molar-refractivity contribution in [3.8, 4) is 0 Å². The summed E-state index contributed by atoms with van der Waals surface area (Å²) in [6.45, 7) is 6.82. The van der Waals surface area contributed by atoms with Crippen LogP contribution in [-0.2, 0) is 14.3 Å². The molecule has 3 atom stereocenters. The predicted molar refractivity (Wildman–Crippen MR) is 137 cm³/mol. The van der Waals surface area contributed by atoms with Crippen LogP contribution in [0.5, 0.6) is 0 Å². The van der Waals surface area contributed by atoms with Gasteiger partial charge < -0.3 is 9.84 Å². The van der Waals surface area contributed by atoms with Crippen molar-refractivity contribution in [1.29, 1.82) is 0 Å². The molecule has 1 aliphatic carbocycles. The maximum atomic E-state index is 12.9. The highest BCUT2D eigenvalue weighted by atomic mass is 16.5. The number of carboxylic acids is 1. The highest BCUT2D eigenvalue weighted by Gasteiger charge is 2.37. The van der Waals surface area contributed by atoms with Crippen LogP contribution in [0.3, 0.4) is 0 Å². The fourth-order valence-corrected chi connectivity index (χ4v) is 5.18. The van der Waals surface area contributed by atoms with E-state index in [0.29, 0.717) is 12.8 Å². The number of aliphatic carboxylic acids is 1. The molecule has 3 unspecified atom stereocenters. The molecule has 4 nitrogen and oxygen atoms in total. The first-order chi connectivity index (χ1) is 16.0. The Morgan fingerprint density at radius 3 is 1.67 bits per heavy atom. The third-order valence-electron chi connectivity index (χ3n) is 7.36. The van der Waals surface area contributed by atoms with Gasteiger partial charge in [0.15, 0.2) is 0 Å². The smallest absolute Gasteiger partial charge is 0.310 e. The van der Waals surface area contributed by atoms with E-state index in [1.807, 2.05) is 0 Å². The average molecular weight is 467 g/mol. The summed E-state index contributed by atoms with van der Waals surface area (Å²) in [5.74, 6) is -1.29. The summed E-state index contributed by atoms with van der Waals surface area (Å²) in [5.41, 5.74) is 0. The third-order valence-corrected chi connectivity index (χ3v) is 7.36. The van der Waals surface area contributed by atoms with Gasteiger partial charge in [0, 0.05) is 0 Å². The van der Waals surface area contributed by atoms with E-state index in [4.69, 9.17) is 4.74 Å². The summed E-state index contributed by atoms with van der Waals surface area (Å²) in [5, 5.41) is 9.54. The molecule has 0 amide bonds. The SMILES string of the molecule is CCCCCCCCCC(CCCCCCCCC(C)C)OC(=O)C1CCCCC1C(=O)O. The Hall–Kier alpha value is -1.06. The Morgan fingerprint density at radius 2 is 1.18 bits per heavy atom. The fourth-order valence-electron chi connectivity index (χ4n) is 5.18. The van der Waals surface area contributed by atoms with Crippen LogP contribution in [0.15, 0.2) is 0 Å². The molecular formula is C29H54O4. The van der Waals surface area contributed by atoms with Crippen LogP contribution in [-0.4, -0.2) is 23.1 Å². The normalized spacial score (nSPS) is 19.5. The van der Waals surface area contributed by atoms with Gasteiger partial charge in [-0.15, -0.1) is 0 Å². The van der Waals surface area contributed by atoms with Crippen molar-refractivity contribution >= 4 is 11.9 Å². The number of unbranched alkanes of at least 4 members (excludes halogenated alkanes) is 11. The Labute approximate surface area is 204 Å². The average Bonchev–Trinajstić information content (AvgIpc) is 2.79. The molecule has 0 saturated heterocycles. The van der Waals surface area contributed by atoms with E-state index in [2.05, 4.69) is 20.8 Å². The third kappa shape index (κ3) is 14.7. The number of ether oxygens (including phenoxy) is 1. The van der Waals surface area contributed by atoms with E-state index in [9.17, 15) is 14.7 Å². The van der Waals surface area contributed by atoms with Crippen molar-refractivity contribution in [2.75, 3.05) is 0 Å². The highest BCUT2D eigenvalue weighted by Crippen LogP contribution is 2.32. The quantitative estimate of drug-likeness (QED) is 0.144. The molecule has 1 N–H and O–H groups in total. The Kier molecular flexibility index (Phi) is 17.5. The van der Waals surface area contributed by atoms with Crippen LogP contribution in [0.4, 0.5) is 0 Å². The van der Waals surface area contributed by atoms with Gasteiger partial charge >= 0.3 is 11.9 Å². The zero-order chi connectivity index (χ0) is 24.3. The minimum absolute atomic E-state index is 0.0366. The summed E-state index contributed by atoms with van der Waals surface area (Å²) in [6, 6.07) is 0. The first-order valence-corrected chi connectivity index (χ1v) is 14.4. The summed E-state index contributed by atoms with van der Waals surface area (Å²) >= 11 is 0. The molecular weight excluding hydrogens is 412 g/mol. The van der Waals surface area contributed by atoms with E-state index in [0.717, 1.165) is 44.4 Å². The topological polar surface area (TPSA) is 63.6 Å². The van der Waals surface area contributed by atoms with Crippen LogP contribution < -0.4 is 0 Å². The van der Waals surface area contributed by atoms with Crippen LogP contribution >= 0.6 is 0 Å². The second-order valence-corrected chi connectivity index (χ2v) is 10.9. The Balaban J connectivity index is 2.41. The number of carbonyl (C=O) groups excluding carboxylic acids is 1. The van der Waals surface area contributed by atoms with E-state index in [1.54, 1.807) is 0 Å². The van der Waals surface area contributed by atoms with E-state index >= 15 is 0 Å². The molecule has 4 heteroatoms. The first kappa shape index (κ1) is 30.0. The summed E-state index contributed by atoms with van der Waals surface area (Å²) < 4.78 is 5.98. The lowest BCUT2D eigenvalue weighted by Gasteiger charge is -2.29. The molecule has 33 heavy (non-hydrogen) atoms. The monoisotopic (exact) mass is 466 g/mol. The lowest BCUT2D eigenvalue weighted by molar-refractivity contribution is -0.164. The predicted octanol–water partition coefficient (Wildman–Crippen LogP) is 8.71. The van der Waals surface area contributed by atoms with Crippen molar-refractivity contribution in [2.45, 2.75) is 155 Å². The number of carboxylic acid groups (broad SMARTS) is 1. The molecule has 1 saturated carbocycles. The van der Waals surface area contributed by atoms with Crippen molar-refractivity contribution in [3.05, 3.63) is 0 Å². The molecule has 0 aromatic rings. The molecule has 0 radical (unpaired) electrons. The van der Waals surface area contributed by atoms with E-state index in [-0.39, 0.29) is 12.1 Å². The molecule has 1 fully saturated rings. The number of hydrogen-bond acceptors (Lipinski definition) is 3. The Morgan fingerprint density at radius 1 is 0.727 bits per heavy atom. The largest absolute Gasteiger partial charge is 0.481 e. The molecule has 1 rings (SSSR count). The summed E-state index contributed by atoms with van der Waals surface area (Å²) in [4.78, 5) is 24.5. The summed E-state index contributed by atoms with van der Waals surface area (Å²) in [6.07, 6.45) is 22.6. The minimum atomic E-state index is -0.835. The molecule has 0 spiro atoms. The maximum Gasteiger partial charge on any atom is 0.310 e. The van der Waals surface area contributed by atoms with Crippen molar-refractivity contribution in [3.63, 3.8) is 0 Å².